The maximum atomic E-state index is 12.0. The van der Waals surface area contributed by atoms with E-state index in [9.17, 15) is 9.59 Å². The van der Waals surface area contributed by atoms with Crippen molar-refractivity contribution in [3.63, 3.8) is 0 Å². The van der Waals surface area contributed by atoms with Crippen LogP contribution in [0.4, 0.5) is 0 Å². The molecule has 0 saturated carbocycles. The molecule has 0 radical (unpaired) electrons. The smallest absolute Gasteiger partial charge is 0.303 e. The highest BCUT2D eigenvalue weighted by atomic mass is 16.4. The summed E-state index contributed by atoms with van der Waals surface area (Å²) in [6.45, 7) is 7.79. The lowest BCUT2D eigenvalue weighted by atomic mass is 9.93. The van der Waals surface area contributed by atoms with Crippen LogP contribution in [-0.4, -0.2) is 59.5 Å². The summed E-state index contributed by atoms with van der Waals surface area (Å²) in [4.78, 5) is 26.7. The molecule has 0 aromatic carbocycles. The molecule has 0 aromatic heterocycles. The van der Waals surface area contributed by atoms with Gasteiger partial charge in [-0.15, -0.1) is 0 Å². The lowest BCUT2D eigenvalue weighted by Crippen LogP contribution is -2.44. The van der Waals surface area contributed by atoms with E-state index in [1.807, 2.05) is 18.7 Å². The Balaban J connectivity index is 2.37. The second-order valence-electron chi connectivity index (χ2n) is 5.24. The largest absolute Gasteiger partial charge is 0.481 e. The van der Waals surface area contributed by atoms with Crippen molar-refractivity contribution in [3.8, 4) is 0 Å². The normalized spacial score (nSPS) is 20.2. The molecule has 0 aromatic rings. The number of likely N-dealkylation sites (tertiary alicyclic amines) is 1. The van der Waals surface area contributed by atoms with Gasteiger partial charge in [-0.1, -0.05) is 0 Å². The van der Waals surface area contributed by atoms with Crippen molar-refractivity contribution in [1.82, 2.24) is 9.80 Å². The predicted molar refractivity (Wildman–Crippen MR) is 74.0 cm³/mol. The first-order valence-corrected chi connectivity index (χ1v) is 7.28. The summed E-state index contributed by atoms with van der Waals surface area (Å²) in [6, 6.07) is 0. The summed E-state index contributed by atoms with van der Waals surface area (Å²) in [7, 11) is 0. The minimum atomic E-state index is -0.726. The molecule has 1 N–H and O–H groups in total. The fourth-order valence-electron chi connectivity index (χ4n) is 2.73. The van der Waals surface area contributed by atoms with Crippen molar-refractivity contribution in [2.45, 2.75) is 39.5 Å². The van der Waals surface area contributed by atoms with Gasteiger partial charge < -0.3 is 10.0 Å². The van der Waals surface area contributed by atoms with E-state index in [-0.39, 0.29) is 12.3 Å². The van der Waals surface area contributed by atoms with E-state index >= 15 is 0 Å². The maximum Gasteiger partial charge on any atom is 0.303 e. The first-order chi connectivity index (χ1) is 9.06. The zero-order chi connectivity index (χ0) is 14.3. The topological polar surface area (TPSA) is 60.9 Å². The summed E-state index contributed by atoms with van der Waals surface area (Å²) in [5, 5.41) is 8.72. The molecular formula is C14H26N2O3. The Labute approximate surface area is 115 Å². The van der Waals surface area contributed by atoms with E-state index < -0.39 is 5.97 Å². The van der Waals surface area contributed by atoms with E-state index in [2.05, 4.69) is 4.90 Å². The van der Waals surface area contributed by atoms with Crippen molar-refractivity contribution in [3.05, 3.63) is 0 Å². The van der Waals surface area contributed by atoms with E-state index in [1.165, 1.54) is 0 Å². The summed E-state index contributed by atoms with van der Waals surface area (Å²) in [5.74, 6) is -0.116. The van der Waals surface area contributed by atoms with Crippen LogP contribution in [0.3, 0.4) is 0 Å². The monoisotopic (exact) mass is 270 g/mol. The molecule has 1 amide bonds. The summed E-state index contributed by atoms with van der Waals surface area (Å²) < 4.78 is 0. The summed E-state index contributed by atoms with van der Waals surface area (Å²) in [6.07, 6.45) is 3.12. The number of nitrogens with zero attached hydrogens (tertiary/aromatic N) is 2. The van der Waals surface area contributed by atoms with Gasteiger partial charge in [0.25, 0.3) is 0 Å². The van der Waals surface area contributed by atoms with Gasteiger partial charge in [-0.05, 0) is 45.6 Å². The number of aliphatic carboxylic acids is 1. The number of amides is 1. The van der Waals surface area contributed by atoms with Gasteiger partial charge in [0.2, 0.25) is 5.91 Å². The first kappa shape index (κ1) is 16.0. The third-order valence-electron chi connectivity index (χ3n) is 3.84. The predicted octanol–water partition coefficient (Wildman–Crippen LogP) is 1.43. The second-order valence-corrected chi connectivity index (χ2v) is 5.24. The molecule has 110 valence electrons. The van der Waals surface area contributed by atoms with Gasteiger partial charge >= 0.3 is 5.97 Å². The third kappa shape index (κ3) is 5.59. The Bertz CT molecular complexity index is 303. The Morgan fingerprint density at radius 3 is 2.58 bits per heavy atom. The number of likely N-dealkylation sites (N-methyl/N-ethyl adjacent to an activating group) is 1. The van der Waals surface area contributed by atoms with Gasteiger partial charge in [-0.25, -0.2) is 0 Å². The van der Waals surface area contributed by atoms with Crippen LogP contribution in [0, 0.1) is 5.92 Å². The van der Waals surface area contributed by atoms with Gasteiger partial charge in [0.15, 0.2) is 0 Å². The number of carboxylic acid groups (broad SMARTS) is 1. The van der Waals surface area contributed by atoms with Crippen molar-refractivity contribution in [2.75, 3.05) is 32.7 Å². The molecule has 5 heteroatoms. The second kappa shape index (κ2) is 8.15. The van der Waals surface area contributed by atoms with Gasteiger partial charge in [0.05, 0.1) is 6.54 Å². The number of hydrogen-bond acceptors (Lipinski definition) is 3. The van der Waals surface area contributed by atoms with E-state index in [4.69, 9.17) is 5.11 Å². The van der Waals surface area contributed by atoms with E-state index in [0.717, 1.165) is 45.4 Å². The number of carboxylic acids is 1. The molecular weight excluding hydrogens is 244 g/mol. The molecule has 1 aliphatic heterocycles. The van der Waals surface area contributed by atoms with Crippen molar-refractivity contribution < 1.29 is 14.7 Å². The molecule has 1 saturated heterocycles. The Morgan fingerprint density at radius 1 is 1.32 bits per heavy atom. The lowest BCUT2D eigenvalue weighted by molar-refractivity contribution is -0.138. The molecule has 1 aliphatic rings. The lowest BCUT2D eigenvalue weighted by Gasteiger charge is -2.33. The van der Waals surface area contributed by atoms with Crippen LogP contribution in [0.5, 0.6) is 0 Å². The SMILES string of the molecule is CCN(CC)C(=O)CN1CCCC(CCC(=O)O)C1. The van der Waals surface area contributed by atoms with Crippen LogP contribution in [0.15, 0.2) is 0 Å². The van der Waals surface area contributed by atoms with Crippen LogP contribution >= 0.6 is 0 Å². The maximum absolute atomic E-state index is 12.0. The standard InChI is InChI=1S/C14H26N2O3/c1-3-16(4-2)13(17)11-15-9-5-6-12(10-15)7-8-14(18)19/h12H,3-11H2,1-2H3,(H,18,19). The fraction of sp³-hybridized carbons (Fsp3) is 0.857. The molecule has 0 aliphatic carbocycles. The van der Waals surface area contributed by atoms with Crippen LogP contribution in [0.25, 0.3) is 0 Å². The van der Waals surface area contributed by atoms with E-state index in [0.29, 0.717) is 12.5 Å². The summed E-state index contributed by atoms with van der Waals surface area (Å²) >= 11 is 0. The number of piperidine rings is 1. The summed E-state index contributed by atoms with van der Waals surface area (Å²) in [5.41, 5.74) is 0. The highest BCUT2D eigenvalue weighted by Gasteiger charge is 2.23. The molecule has 0 bridgehead atoms. The number of carbonyl (C=O) groups is 2. The van der Waals surface area contributed by atoms with Crippen molar-refractivity contribution in [2.24, 2.45) is 5.92 Å². The van der Waals surface area contributed by atoms with Crippen LogP contribution in [0.2, 0.25) is 0 Å². The molecule has 0 spiro atoms. The van der Waals surface area contributed by atoms with Crippen LogP contribution < -0.4 is 0 Å². The quantitative estimate of drug-likeness (QED) is 0.760. The van der Waals surface area contributed by atoms with Gasteiger partial charge in [0.1, 0.15) is 0 Å². The first-order valence-electron chi connectivity index (χ1n) is 7.28. The van der Waals surface area contributed by atoms with Crippen LogP contribution in [0.1, 0.15) is 39.5 Å². The van der Waals surface area contributed by atoms with Gasteiger partial charge in [-0.3, -0.25) is 14.5 Å². The zero-order valence-corrected chi connectivity index (χ0v) is 12.1. The highest BCUT2D eigenvalue weighted by Crippen LogP contribution is 2.20. The number of rotatable bonds is 7. The average Bonchev–Trinajstić information content (AvgIpc) is 2.38. The Kier molecular flexibility index (Phi) is 6.84. The number of hydrogen-bond donors (Lipinski definition) is 1. The average molecular weight is 270 g/mol. The Morgan fingerprint density at radius 2 is 2.00 bits per heavy atom. The Hall–Kier alpha value is -1.10. The molecule has 1 heterocycles. The minimum absolute atomic E-state index is 0.184. The number of carbonyl (C=O) groups excluding carboxylic acids is 1. The molecule has 5 nitrogen and oxygen atoms in total. The highest BCUT2D eigenvalue weighted by molar-refractivity contribution is 5.78. The van der Waals surface area contributed by atoms with Gasteiger partial charge in [0, 0.05) is 26.1 Å². The zero-order valence-electron chi connectivity index (χ0n) is 12.1. The molecule has 1 atom stereocenters. The van der Waals surface area contributed by atoms with E-state index in [1.54, 1.807) is 0 Å². The van der Waals surface area contributed by atoms with Crippen molar-refractivity contribution >= 4 is 11.9 Å². The van der Waals surface area contributed by atoms with Crippen LogP contribution in [-0.2, 0) is 9.59 Å². The molecule has 1 unspecified atom stereocenters. The fourth-order valence-corrected chi connectivity index (χ4v) is 2.73. The minimum Gasteiger partial charge on any atom is -0.481 e. The molecule has 1 rings (SSSR count). The van der Waals surface area contributed by atoms with Crippen molar-refractivity contribution in [1.29, 1.82) is 0 Å². The molecule has 1 fully saturated rings. The molecule has 19 heavy (non-hydrogen) atoms. The third-order valence-corrected chi connectivity index (χ3v) is 3.84. The van der Waals surface area contributed by atoms with Gasteiger partial charge in [-0.2, -0.15) is 0 Å².